The van der Waals surface area contributed by atoms with Gasteiger partial charge in [-0.3, -0.25) is 4.98 Å². The summed E-state index contributed by atoms with van der Waals surface area (Å²) in [5, 5.41) is 21.0. The summed E-state index contributed by atoms with van der Waals surface area (Å²) < 4.78 is 0. The smallest absolute Gasteiger partial charge is 0.105 e. The van der Waals surface area contributed by atoms with E-state index in [9.17, 15) is 10.2 Å². The maximum Gasteiger partial charge on any atom is 0.105 e. The molecule has 1 aromatic carbocycles. The van der Waals surface area contributed by atoms with Crippen molar-refractivity contribution in [3.63, 3.8) is 0 Å². The van der Waals surface area contributed by atoms with Gasteiger partial charge in [-0.25, -0.2) is 0 Å². The normalized spacial score (nSPS) is 19.2. The van der Waals surface area contributed by atoms with Crippen molar-refractivity contribution in [1.82, 2.24) is 4.98 Å². The number of benzene rings is 1. The number of nitrogens with zero attached hydrogens (tertiary/aromatic N) is 1. The van der Waals surface area contributed by atoms with E-state index in [-0.39, 0.29) is 5.92 Å². The minimum Gasteiger partial charge on any atom is -0.390 e. The monoisotopic (exact) mass is 229 g/mol. The highest BCUT2D eigenvalue weighted by atomic mass is 16.3. The van der Waals surface area contributed by atoms with Crippen LogP contribution in [0.3, 0.4) is 0 Å². The minimum atomic E-state index is -0.797. The summed E-state index contributed by atoms with van der Waals surface area (Å²) in [5.41, 5.74) is 1.60. The van der Waals surface area contributed by atoms with E-state index >= 15 is 0 Å². The summed E-state index contributed by atoms with van der Waals surface area (Å²) in [4.78, 5) is 4.25. The first-order chi connectivity index (χ1) is 8.25. The summed E-state index contributed by atoms with van der Waals surface area (Å²) in [5.74, 6) is 0.268. The zero-order valence-corrected chi connectivity index (χ0v) is 9.45. The van der Waals surface area contributed by atoms with E-state index in [0.29, 0.717) is 0 Å². The molecule has 3 heteroatoms. The van der Waals surface area contributed by atoms with Gasteiger partial charge in [-0.2, -0.15) is 0 Å². The lowest BCUT2D eigenvalue weighted by Crippen LogP contribution is -2.20. The summed E-state index contributed by atoms with van der Waals surface area (Å²) in [6, 6.07) is 9.51. The van der Waals surface area contributed by atoms with Crippen molar-refractivity contribution in [2.75, 3.05) is 0 Å². The highest BCUT2D eigenvalue weighted by Gasteiger charge is 2.35. The van der Waals surface area contributed by atoms with Gasteiger partial charge in [0.25, 0.3) is 0 Å². The molecule has 1 saturated carbocycles. The molecule has 17 heavy (non-hydrogen) atoms. The van der Waals surface area contributed by atoms with Crippen LogP contribution < -0.4 is 0 Å². The molecular weight excluding hydrogens is 214 g/mol. The van der Waals surface area contributed by atoms with Gasteiger partial charge < -0.3 is 10.2 Å². The molecule has 2 N–H and O–H groups in total. The van der Waals surface area contributed by atoms with Crippen molar-refractivity contribution in [2.45, 2.75) is 25.0 Å². The Morgan fingerprint density at radius 1 is 1.18 bits per heavy atom. The lowest BCUT2D eigenvalue weighted by Gasteiger charge is -2.17. The Kier molecular flexibility index (Phi) is 2.57. The van der Waals surface area contributed by atoms with E-state index in [1.807, 2.05) is 30.3 Å². The average molecular weight is 229 g/mol. The fourth-order valence-corrected chi connectivity index (χ4v) is 2.16. The third-order valence-corrected chi connectivity index (χ3v) is 3.40. The van der Waals surface area contributed by atoms with Crippen molar-refractivity contribution in [3.8, 4) is 0 Å². The summed E-state index contributed by atoms with van der Waals surface area (Å²) in [6.45, 7) is 0. The SMILES string of the molecule is OC(c1ccc2cccnc2c1)C(O)C1CC1. The first-order valence-corrected chi connectivity index (χ1v) is 5.96. The van der Waals surface area contributed by atoms with Gasteiger partial charge in [0.05, 0.1) is 11.6 Å². The molecule has 2 unspecified atom stereocenters. The van der Waals surface area contributed by atoms with E-state index in [0.717, 1.165) is 29.3 Å². The molecule has 3 rings (SSSR count). The predicted octanol–water partition coefficient (Wildman–Crippen LogP) is 2.04. The van der Waals surface area contributed by atoms with Crippen LogP contribution >= 0.6 is 0 Å². The third-order valence-electron chi connectivity index (χ3n) is 3.40. The Morgan fingerprint density at radius 2 is 2.00 bits per heavy atom. The Labute approximate surface area is 99.7 Å². The number of hydrogen-bond donors (Lipinski definition) is 2. The highest BCUT2D eigenvalue weighted by Crippen LogP contribution is 2.38. The van der Waals surface area contributed by atoms with Crippen LogP contribution in [-0.4, -0.2) is 21.3 Å². The number of aliphatic hydroxyl groups is 2. The first kappa shape index (κ1) is 10.7. The second-order valence-electron chi connectivity index (χ2n) is 4.73. The fourth-order valence-electron chi connectivity index (χ4n) is 2.16. The van der Waals surface area contributed by atoms with E-state index < -0.39 is 12.2 Å². The third kappa shape index (κ3) is 2.04. The fraction of sp³-hybridized carbons (Fsp3) is 0.357. The van der Waals surface area contributed by atoms with Gasteiger partial charge in [-0.15, -0.1) is 0 Å². The first-order valence-electron chi connectivity index (χ1n) is 5.96. The zero-order valence-electron chi connectivity index (χ0n) is 9.45. The molecule has 0 aliphatic heterocycles. The molecule has 0 spiro atoms. The lowest BCUT2D eigenvalue weighted by molar-refractivity contribution is 0.00491. The van der Waals surface area contributed by atoms with Crippen LogP contribution in [0.4, 0.5) is 0 Å². The number of hydrogen-bond acceptors (Lipinski definition) is 3. The Bertz CT molecular complexity index is 536. The molecule has 88 valence electrons. The van der Waals surface area contributed by atoms with Gasteiger partial charge >= 0.3 is 0 Å². The predicted molar refractivity (Wildman–Crippen MR) is 65.4 cm³/mol. The van der Waals surface area contributed by atoms with Crippen LogP contribution in [0.5, 0.6) is 0 Å². The Morgan fingerprint density at radius 3 is 2.76 bits per heavy atom. The number of aliphatic hydroxyl groups excluding tert-OH is 2. The molecule has 1 aliphatic carbocycles. The quantitative estimate of drug-likeness (QED) is 0.846. The lowest BCUT2D eigenvalue weighted by atomic mass is 10.00. The molecule has 2 aromatic rings. The number of pyridine rings is 1. The molecule has 1 aromatic heterocycles. The zero-order chi connectivity index (χ0) is 11.8. The minimum absolute atomic E-state index is 0.268. The van der Waals surface area contributed by atoms with Crippen LogP contribution in [0.2, 0.25) is 0 Å². The second-order valence-corrected chi connectivity index (χ2v) is 4.73. The molecule has 2 atom stereocenters. The molecule has 0 radical (unpaired) electrons. The van der Waals surface area contributed by atoms with Gasteiger partial charge in [-0.1, -0.05) is 18.2 Å². The molecule has 3 nitrogen and oxygen atoms in total. The standard InChI is InChI=1S/C14H15NO2/c16-13(10-4-5-10)14(17)11-6-3-9-2-1-7-15-12(9)8-11/h1-3,6-8,10,13-14,16-17H,4-5H2. The van der Waals surface area contributed by atoms with Crippen LogP contribution in [-0.2, 0) is 0 Å². The van der Waals surface area contributed by atoms with E-state index in [4.69, 9.17) is 0 Å². The Hall–Kier alpha value is -1.45. The Balaban J connectivity index is 1.93. The van der Waals surface area contributed by atoms with Gasteiger partial charge in [0, 0.05) is 11.6 Å². The summed E-state index contributed by atoms with van der Waals surface area (Å²) in [7, 11) is 0. The molecule has 0 saturated heterocycles. The molecule has 1 aliphatic rings. The van der Waals surface area contributed by atoms with Crippen molar-refractivity contribution in [1.29, 1.82) is 0 Å². The summed E-state index contributed by atoms with van der Waals surface area (Å²) >= 11 is 0. The number of fused-ring (bicyclic) bond motifs is 1. The highest BCUT2D eigenvalue weighted by molar-refractivity contribution is 5.78. The van der Waals surface area contributed by atoms with Gasteiger partial charge in [0.2, 0.25) is 0 Å². The van der Waals surface area contributed by atoms with Crippen molar-refractivity contribution in [3.05, 3.63) is 42.1 Å². The van der Waals surface area contributed by atoms with Crippen molar-refractivity contribution >= 4 is 10.9 Å². The van der Waals surface area contributed by atoms with Crippen LogP contribution in [0.15, 0.2) is 36.5 Å². The average Bonchev–Trinajstić information content (AvgIpc) is 3.21. The molecular formula is C14H15NO2. The largest absolute Gasteiger partial charge is 0.390 e. The molecule has 0 bridgehead atoms. The second kappa shape index (κ2) is 4.09. The van der Waals surface area contributed by atoms with Crippen LogP contribution in [0.25, 0.3) is 10.9 Å². The molecule has 1 heterocycles. The summed E-state index contributed by atoms with van der Waals surface area (Å²) in [6.07, 6.45) is 2.33. The van der Waals surface area contributed by atoms with Crippen LogP contribution in [0.1, 0.15) is 24.5 Å². The molecule has 1 fully saturated rings. The number of rotatable bonds is 3. The molecule has 0 amide bonds. The van der Waals surface area contributed by atoms with E-state index in [2.05, 4.69) is 4.98 Å². The van der Waals surface area contributed by atoms with Gasteiger partial charge in [0.1, 0.15) is 6.10 Å². The number of aromatic nitrogens is 1. The maximum absolute atomic E-state index is 10.1. The van der Waals surface area contributed by atoms with Crippen LogP contribution in [0, 0.1) is 5.92 Å². The topological polar surface area (TPSA) is 53.4 Å². The van der Waals surface area contributed by atoms with Gasteiger partial charge in [0.15, 0.2) is 0 Å². The van der Waals surface area contributed by atoms with Crippen molar-refractivity contribution in [2.24, 2.45) is 5.92 Å². The van der Waals surface area contributed by atoms with Gasteiger partial charge in [-0.05, 0) is 36.5 Å². The van der Waals surface area contributed by atoms with Crippen molar-refractivity contribution < 1.29 is 10.2 Å². The van der Waals surface area contributed by atoms with E-state index in [1.165, 1.54) is 0 Å². The maximum atomic E-state index is 10.1. The van der Waals surface area contributed by atoms with E-state index in [1.54, 1.807) is 6.20 Å².